The van der Waals surface area contributed by atoms with Crippen LogP contribution in [-0.2, 0) is 12.8 Å². The number of aliphatic hydroxyl groups is 6. The van der Waals surface area contributed by atoms with Gasteiger partial charge in [0.25, 0.3) is 0 Å². The minimum absolute atomic E-state index is 0.134. The van der Waals surface area contributed by atoms with Crippen molar-refractivity contribution in [2.24, 2.45) is 0 Å². The molecule has 2 rings (SSSR count). The van der Waals surface area contributed by atoms with Crippen molar-refractivity contribution in [2.75, 3.05) is 35.0 Å². The van der Waals surface area contributed by atoms with E-state index in [2.05, 4.69) is 0 Å². The molecule has 2 aromatic carbocycles. The zero-order valence-corrected chi connectivity index (χ0v) is 22.5. The Labute approximate surface area is 223 Å². The summed E-state index contributed by atoms with van der Waals surface area (Å²) >= 11 is 0. The van der Waals surface area contributed by atoms with Crippen molar-refractivity contribution in [3.63, 3.8) is 0 Å². The molecule has 6 N–H and O–H groups in total. The maximum Gasteiger partial charge on any atom is 0.126 e. The molecular weight excluding hydrogens is 496 g/mol. The van der Waals surface area contributed by atoms with Gasteiger partial charge in [-0.3, -0.25) is 0 Å². The average Bonchev–Trinajstić information content (AvgIpc) is 2.94. The van der Waals surface area contributed by atoms with E-state index in [1.165, 1.54) is 28.4 Å². The van der Waals surface area contributed by atoms with E-state index in [-0.39, 0.29) is 12.8 Å². The standard InChI is InChI=1S/C28H40O10/c1-6-7-12-27(33,15-18-13-20(35-2)8-10-23(18)37-4)26(32)28(34,25(31)22(30)17-29)16-19-14-21(36-3)9-11-24(19)38-5/h6-11,13-14,22,25-26,29-34H,12,15-17H2,1-5H3/b7-6+/t22-,25+,26+,27?,28+/m0/s1. The van der Waals surface area contributed by atoms with Crippen LogP contribution in [0.15, 0.2) is 48.6 Å². The predicted molar refractivity (Wildman–Crippen MR) is 141 cm³/mol. The summed E-state index contributed by atoms with van der Waals surface area (Å²) in [5.41, 5.74) is -3.85. The van der Waals surface area contributed by atoms with Crippen LogP contribution in [0.25, 0.3) is 0 Å². The van der Waals surface area contributed by atoms with Gasteiger partial charge in [0.1, 0.15) is 52.5 Å². The fourth-order valence-corrected chi connectivity index (χ4v) is 4.54. The van der Waals surface area contributed by atoms with Crippen molar-refractivity contribution < 1.29 is 49.6 Å². The van der Waals surface area contributed by atoms with Gasteiger partial charge in [-0.05, 0) is 49.7 Å². The van der Waals surface area contributed by atoms with Gasteiger partial charge in [-0.1, -0.05) is 12.2 Å². The molecule has 212 valence electrons. The summed E-state index contributed by atoms with van der Waals surface area (Å²) in [4.78, 5) is 0. The Kier molecular flexibility index (Phi) is 11.4. The van der Waals surface area contributed by atoms with E-state index in [4.69, 9.17) is 18.9 Å². The summed E-state index contributed by atoms with van der Waals surface area (Å²) in [5, 5.41) is 66.5. The van der Waals surface area contributed by atoms with E-state index in [9.17, 15) is 30.6 Å². The molecule has 0 amide bonds. The number of ether oxygens (including phenoxy) is 4. The minimum Gasteiger partial charge on any atom is -0.497 e. The zero-order valence-electron chi connectivity index (χ0n) is 22.5. The molecule has 0 fully saturated rings. The number of allylic oxidation sites excluding steroid dienone is 1. The van der Waals surface area contributed by atoms with Crippen LogP contribution in [-0.4, -0.2) is 95.2 Å². The highest BCUT2D eigenvalue weighted by Gasteiger charge is 2.54. The topological polar surface area (TPSA) is 158 Å². The molecule has 0 saturated heterocycles. The molecule has 2 aromatic rings. The van der Waals surface area contributed by atoms with Crippen molar-refractivity contribution in [1.29, 1.82) is 0 Å². The van der Waals surface area contributed by atoms with E-state index in [0.717, 1.165) is 0 Å². The van der Waals surface area contributed by atoms with Crippen molar-refractivity contribution >= 4 is 0 Å². The Morgan fingerprint density at radius 3 is 1.71 bits per heavy atom. The smallest absolute Gasteiger partial charge is 0.126 e. The average molecular weight is 537 g/mol. The number of hydrogen-bond donors (Lipinski definition) is 6. The number of benzene rings is 2. The first kappa shape index (κ1) is 31.4. The van der Waals surface area contributed by atoms with Gasteiger partial charge in [0.2, 0.25) is 0 Å². The fourth-order valence-electron chi connectivity index (χ4n) is 4.54. The number of rotatable bonds is 15. The molecule has 0 aliphatic heterocycles. The largest absolute Gasteiger partial charge is 0.497 e. The van der Waals surface area contributed by atoms with E-state index in [0.29, 0.717) is 34.1 Å². The van der Waals surface area contributed by atoms with Gasteiger partial charge < -0.3 is 49.6 Å². The van der Waals surface area contributed by atoms with Crippen molar-refractivity contribution in [1.82, 2.24) is 0 Å². The van der Waals surface area contributed by atoms with Crippen LogP contribution in [0.2, 0.25) is 0 Å². The molecule has 0 heterocycles. The molecule has 1 unspecified atom stereocenters. The molecule has 0 aliphatic rings. The first-order chi connectivity index (χ1) is 18.0. The fraction of sp³-hybridized carbons (Fsp3) is 0.500. The second-order valence-corrected chi connectivity index (χ2v) is 9.17. The summed E-state index contributed by atoms with van der Waals surface area (Å²) in [6.07, 6.45) is -3.50. The molecule has 0 bridgehead atoms. The first-order valence-corrected chi connectivity index (χ1v) is 12.2. The molecule has 10 nitrogen and oxygen atoms in total. The van der Waals surface area contributed by atoms with Crippen LogP contribution in [0, 0.1) is 0 Å². The highest BCUT2D eigenvalue weighted by atomic mass is 16.5. The van der Waals surface area contributed by atoms with E-state index >= 15 is 0 Å². The van der Waals surface area contributed by atoms with Crippen molar-refractivity contribution in [3.8, 4) is 23.0 Å². The van der Waals surface area contributed by atoms with Crippen LogP contribution in [0.5, 0.6) is 23.0 Å². The Morgan fingerprint density at radius 2 is 1.29 bits per heavy atom. The van der Waals surface area contributed by atoms with E-state index < -0.39 is 42.5 Å². The Balaban J connectivity index is 2.68. The molecule has 5 atom stereocenters. The molecule has 0 saturated carbocycles. The lowest BCUT2D eigenvalue weighted by atomic mass is 9.71. The van der Waals surface area contributed by atoms with Crippen LogP contribution in [0.4, 0.5) is 0 Å². The summed E-state index contributed by atoms with van der Waals surface area (Å²) in [6, 6.07) is 9.72. The third-order valence-electron chi connectivity index (χ3n) is 6.70. The lowest BCUT2D eigenvalue weighted by Gasteiger charge is -2.46. The quantitative estimate of drug-likeness (QED) is 0.181. The molecule has 0 radical (unpaired) electrons. The minimum atomic E-state index is -2.57. The number of methoxy groups -OCH3 is 4. The molecule has 0 aliphatic carbocycles. The van der Waals surface area contributed by atoms with Crippen molar-refractivity contribution in [2.45, 2.75) is 55.7 Å². The predicted octanol–water partition coefficient (Wildman–Crippen LogP) is 1.01. The summed E-state index contributed by atoms with van der Waals surface area (Å²) < 4.78 is 21.4. The maximum atomic E-state index is 11.9. The lowest BCUT2D eigenvalue weighted by Crippen LogP contribution is -2.66. The molecule has 38 heavy (non-hydrogen) atoms. The van der Waals surface area contributed by atoms with Crippen LogP contribution < -0.4 is 18.9 Å². The Hall–Kier alpha value is -2.86. The summed E-state index contributed by atoms with van der Waals surface area (Å²) in [7, 11) is 5.81. The zero-order chi connectivity index (χ0) is 28.5. The maximum absolute atomic E-state index is 11.9. The van der Waals surface area contributed by atoms with Gasteiger partial charge in [-0.15, -0.1) is 0 Å². The first-order valence-electron chi connectivity index (χ1n) is 12.2. The van der Waals surface area contributed by atoms with Crippen LogP contribution in [0.3, 0.4) is 0 Å². The van der Waals surface area contributed by atoms with Crippen LogP contribution in [0.1, 0.15) is 24.5 Å². The molecule has 10 heteroatoms. The Bertz CT molecular complexity index is 1060. The second-order valence-electron chi connectivity index (χ2n) is 9.17. The summed E-state index contributed by atoms with van der Waals surface area (Å²) in [5.74, 6) is 1.62. The van der Waals surface area contributed by atoms with E-state index in [1.807, 2.05) is 0 Å². The monoisotopic (exact) mass is 536 g/mol. The highest BCUT2D eigenvalue weighted by Crippen LogP contribution is 2.39. The Morgan fingerprint density at radius 1 is 0.789 bits per heavy atom. The molecule has 0 spiro atoms. The van der Waals surface area contributed by atoms with E-state index in [1.54, 1.807) is 55.5 Å². The van der Waals surface area contributed by atoms with Gasteiger partial charge in [0.15, 0.2) is 0 Å². The lowest BCUT2D eigenvalue weighted by molar-refractivity contribution is -0.228. The SMILES string of the molecule is C/C=C/CC(O)(Cc1cc(OC)ccc1OC)[C@@H](O)[C@@](O)(Cc1cc(OC)ccc1OC)[C@H](O)[C@@H](O)CO. The summed E-state index contributed by atoms with van der Waals surface area (Å²) in [6.45, 7) is 0.832. The van der Waals surface area contributed by atoms with Gasteiger partial charge in [0.05, 0.1) is 35.0 Å². The van der Waals surface area contributed by atoms with Crippen molar-refractivity contribution in [3.05, 3.63) is 59.7 Å². The normalized spacial score (nSPS) is 17.2. The molecule has 0 aromatic heterocycles. The van der Waals surface area contributed by atoms with Gasteiger partial charge in [-0.2, -0.15) is 0 Å². The highest BCUT2D eigenvalue weighted by molar-refractivity contribution is 5.43. The molecular formula is C28H40O10. The number of hydrogen-bond acceptors (Lipinski definition) is 10. The third kappa shape index (κ3) is 6.96. The number of aliphatic hydroxyl groups excluding tert-OH is 4. The van der Waals surface area contributed by atoms with Gasteiger partial charge in [0, 0.05) is 24.0 Å². The second kappa shape index (κ2) is 13.8. The van der Waals surface area contributed by atoms with Gasteiger partial charge in [-0.25, -0.2) is 0 Å². The van der Waals surface area contributed by atoms with Crippen LogP contribution >= 0.6 is 0 Å². The van der Waals surface area contributed by atoms with Gasteiger partial charge >= 0.3 is 0 Å². The third-order valence-corrected chi connectivity index (χ3v) is 6.70.